The van der Waals surface area contributed by atoms with Crippen LogP contribution >= 0.6 is 0 Å². The van der Waals surface area contributed by atoms with Gasteiger partial charge in [0, 0.05) is 26.4 Å². The number of rotatable bonds is 44. The van der Waals surface area contributed by atoms with Gasteiger partial charge in [-0.15, -0.1) is 0 Å². The molecule has 49 heavy (non-hydrogen) atoms. The highest BCUT2D eigenvalue weighted by Crippen LogP contribution is 2.14. The van der Waals surface area contributed by atoms with E-state index in [-0.39, 0.29) is 0 Å². The zero-order valence-corrected chi connectivity index (χ0v) is 34.1. The largest absolute Gasteiger partial charge is 0.381 e. The van der Waals surface area contributed by atoms with E-state index in [0.717, 1.165) is 26.4 Å². The van der Waals surface area contributed by atoms with Gasteiger partial charge in [-0.2, -0.15) is 0 Å². The minimum absolute atomic E-state index is 0.977. The highest BCUT2D eigenvalue weighted by Gasteiger charge is 1.97. The number of allylic oxidation sites excluding steroid dienone is 4. The molecule has 0 radical (unpaired) electrons. The van der Waals surface area contributed by atoms with Crippen molar-refractivity contribution >= 4 is 0 Å². The van der Waals surface area contributed by atoms with E-state index in [4.69, 9.17) is 9.47 Å². The molecule has 0 heterocycles. The molecule has 0 N–H and O–H groups in total. The Morgan fingerprint density at radius 3 is 0.653 bits per heavy atom. The molecule has 0 aliphatic heterocycles. The van der Waals surface area contributed by atoms with Crippen molar-refractivity contribution in [1.29, 1.82) is 0 Å². The van der Waals surface area contributed by atoms with Crippen LogP contribution in [0.15, 0.2) is 24.3 Å². The summed E-state index contributed by atoms with van der Waals surface area (Å²) in [5.41, 5.74) is 0. The fourth-order valence-electron chi connectivity index (χ4n) is 6.75. The lowest BCUT2D eigenvalue weighted by molar-refractivity contribution is 0.125. The van der Waals surface area contributed by atoms with Crippen LogP contribution in [-0.4, -0.2) is 26.4 Å². The van der Waals surface area contributed by atoms with E-state index in [1.807, 2.05) is 0 Å². The van der Waals surface area contributed by atoms with Gasteiger partial charge in [-0.1, -0.05) is 199 Å². The SMILES string of the molecule is CCCCCC/C=C\CCCCCCCCOCCCCCCCCCCCCCOCCCCCCCC/C=C\CCCCCCCC. The second-order valence-electron chi connectivity index (χ2n) is 15.3. The number of unbranched alkanes of at least 4 members (excludes halogenated alkanes) is 32. The van der Waals surface area contributed by atoms with Crippen molar-refractivity contribution in [2.24, 2.45) is 0 Å². The lowest BCUT2D eigenvalue weighted by atomic mass is 10.1. The van der Waals surface area contributed by atoms with Crippen LogP contribution in [0.25, 0.3) is 0 Å². The van der Waals surface area contributed by atoms with E-state index in [1.165, 1.54) is 238 Å². The molecule has 0 aliphatic carbocycles. The second kappa shape index (κ2) is 47.4. The summed E-state index contributed by atoms with van der Waals surface area (Å²) in [4.78, 5) is 0. The highest BCUT2D eigenvalue weighted by molar-refractivity contribution is 4.82. The van der Waals surface area contributed by atoms with E-state index in [9.17, 15) is 0 Å². The molecule has 0 aromatic heterocycles. The van der Waals surface area contributed by atoms with Gasteiger partial charge in [0.25, 0.3) is 0 Å². The second-order valence-corrected chi connectivity index (χ2v) is 15.3. The third kappa shape index (κ3) is 47.4. The summed E-state index contributed by atoms with van der Waals surface area (Å²) in [5, 5.41) is 0. The minimum atomic E-state index is 0.977. The van der Waals surface area contributed by atoms with Crippen molar-refractivity contribution in [3.8, 4) is 0 Å². The summed E-state index contributed by atoms with van der Waals surface area (Å²) in [6.07, 6.45) is 60.2. The molecule has 0 unspecified atom stereocenters. The highest BCUT2D eigenvalue weighted by atomic mass is 16.5. The number of hydrogen-bond donors (Lipinski definition) is 0. The van der Waals surface area contributed by atoms with Gasteiger partial charge in [0.15, 0.2) is 0 Å². The average Bonchev–Trinajstić information content (AvgIpc) is 3.11. The molecule has 0 aromatic rings. The molecule has 0 fully saturated rings. The average molecular weight is 689 g/mol. The summed E-state index contributed by atoms with van der Waals surface area (Å²) in [7, 11) is 0. The molecule has 0 aliphatic rings. The zero-order valence-electron chi connectivity index (χ0n) is 34.1. The van der Waals surface area contributed by atoms with E-state index in [0.29, 0.717) is 0 Å². The van der Waals surface area contributed by atoms with Gasteiger partial charge in [0.1, 0.15) is 0 Å². The molecule has 0 spiro atoms. The monoisotopic (exact) mass is 689 g/mol. The Bertz CT molecular complexity index is 611. The Labute approximate surface area is 310 Å². The maximum atomic E-state index is 5.89. The van der Waals surface area contributed by atoms with Gasteiger partial charge in [-0.3, -0.25) is 0 Å². The Kier molecular flexibility index (Phi) is 46.8. The van der Waals surface area contributed by atoms with Crippen LogP contribution in [0.4, 0.5) is 0 Å². The molecule has 0 saturated heterocycles. The molecule has 0 amide bonds. The molecular formula is C47H92O2. The van der Waals surface area contributed by atoms with Gasteiger partial charge in [-0.05, 0) is 77.0 Å². The Morgan fingerprint density at radius 2 is 0.408 bits per heavy atom. The van der Waals surface area contributed by atoms with Crippen molar-refractivity contribution in [3.63, 3.8) is 0 Å². The fraction of sp³-hybridized carbons (Fsp3) is 0.915. The summed E-state index contributed by atoms with van der Waals surface area (Å²) in [6, 6.07) is 0. The normalized spacial score (nSPS) is 12.0. The van der Waals surface area contributed by atoms with E-state index < -0.39 is 0 Å². The van der Waals surface area contributed by atoms with Crippen LogP contribution in [0.5, 0.6) is 0 Å². The van der Waals surface area contributed by atoms with E-state index in [1.54, 1.807) is 0 Å². The lowest BCUT2D eigenvalue weighted by Crippen LogP contribution is -1.97. The quantitative estimate of drug-likeness (QED) is 0.0468. The molecule has 0 aromatic carbocycles. The topological polar surface area (TPSA) is 18.5 Å². The summed E-state index contributed by atoms with van der Waals surface area (Å²) >= 11 is 0. The van der Waals surface area contributed by atoms with Crippen molar-refractivity contribution in [2.75, 3.05) is 26.4 Å². The number of ether oxygens (including phenoxy) is 2. The molecule has 2 heteroatoms. The molecule has 0 bridgehead atoms. The molecule has 2 nitrogen and oxygen atoms in total. The first-order chi connectivity index (χ1) is 24.4. The summed E-state index contributed by atoms with van der Waals surface area (Å²) in [6.45, 7) is 8.49. The van der Waals surface area contributed by atoms with Gasteiger partial charge in [-0.25, -0.2) is 0 Å². The predicted molar refractivity (Wildman–Crippen MR) is 222 cm³/mol. The van der Waals surface area contributed by atoms with E-state index >= 15 is 0 Å². The van der Waals surface area contributed by atoms with Crippen molar-refractivity contribution in [3.05, 3.63) is 24.3 Å². The number of hydrogen-bond acceptors (Lipinski definition) is 2. The predicted octanol–water partition coefficient (Wildman–Crippen LogP) is 16.6. The van der Waals surface area contributed by atoms with Gasteiger partial charge < -0.3 is 9.47 Å². The summed E-state index contributed by atoms with van der Waals surface area (Å²) < 4.78 is 11.8. The maximum absolute atomic E-state index is 5.89. The van der Waals surface area contributed by atoms with Crippen LogP contribution < -0.4 is 0 Å². The maximum Gasteiger partial charge on any atom is 0.0466 e. The standard InChI is InChI=1S/C47H92O2/c1-3-5-7-9-11-13-15-17-19-20-22-25-29-33-37-41-45-49-47-43-39-35-31-27-23-26-30-34-38-42-46-48-44-40-36-32-28-24-21-18-16-14-12-10-8-6-4-2/h14,16-17,19H,3-13,15,18,20-47H2,1-2H3/b16-14-,19-17-. The van der Waals surface area contributed by atoms with Crippen LogP contribution in [0.3, 0.4) is 0 Å². The smallest absolute Gasteiger partial charge is 0.0466 e. The van der Waals surface area contributed by atoms with Gasteiger partial charge in [0.2, 0.25) is 0 Å². The van der Waals surface area contributed by atoms with Crippen LogP contribution in [0.2, 0.25) is 0 Å². The molecule has 292 valence electrons. The lowest BCUT2D eigenvalue weighted by Gasteiger charge is -2.06. The Balaban J connectivity index is 3.08. The third-order valence-electron chi connectivity index (χ3n) is 10.2. The fourth-order valence-corrected chi connectivity index (χ4v) is 6.75. The van der Waals surface area contributed by atoms with Crippen LogP contribution in [0, 0.1) is 0 Å². The van der Waals surface area contributed by atoms with Crippen LogP contribution in [-0.2, 0) is 9.47 Å². The zero-order chi connectivity index (χ0) is 35.2. The first kappa shape index (κ1) is 48.4. The Hall–Kier alpha value is -0.600. The van der Waals surface area contributed by atoms with Crippen molar-refractivity contribution in [1.82, 2.24) is 0 Å². The molecule has 0 atom stereocenters. The molecule has 0 saturated carbocycles. The third-order valence-corrected chi connectivity index (χ3v) is 10.2. The minimum Gasteiger partial charge on any atom is -0.381 e. The van der Waals surface area contributed by atoms with Gasteiger partial charge in [0.05, 0.1) is 0 Å². The molecular weight excluding hydrogens is 597 g/mol. The van der Waals surface area contributed by atoms with Crippen molar-refractivity contribution in [2.45, 2.75) is 251 Å². The molecule has 0 rings (SSSR count). The first-order valence-electron chi connectivity index (χ1n) is 22.9. The first-order valence-corrected chi connectivity index (χ1v) is 22.9. The van der Waals surface area contributed by atoms with Crippen molar-refractivity contribution < 1.29 is 9.47 Å². The summed E-state index contributed by atoms with van der Waals surface area (Å²) in [5.74, 6) is 0. The van der Waals surface area contributed by atoms with Gasteiger partial charge >= 0.3 is 0 Å². The van der Waals surface area contributed by atoms with E-state index in [2.05, 4.69) is 38.2 Å². The van der Waals surface area contributed by atoms with Crippen LogP contribution in [0.1, 0.15) is 251 Å². The Morgan fingerprint density at radius 1 is 0.224 bits per heavy atom.